The Morgan fingerprint density at radius 3 is 1.60 bits per heavy atom. The lowest BCUT2D eigenvalue weighted by Gasteiger charge is -1.97. The van der Waals surface area contributed by atoms with E-state index in [-0.39, 0.29) is 0 Å². The summed E-state index contributed by atoms with van der Waals surface area (Å²) >= 11 is 0. The fourth-order valence-electron chi connectivity index (χ4n) is 0. The summed E-state index contributed by atoms with van der Waals surface area (Å²) in [6.45, 7) is 2.97. The number of quaternary nitrogens is 1. The Balaban J connectivity index is 0. The van der Waals surface area contributed by atoms with Crippen molar-refractivity contribution >= 4 is 11.9 Å². The van der Waals surface area contributed by atoms with Crippen molar-refractivity contribution in [1.82, 2.24) is 5.43 Å². The van der Waals surface area contributed by atoms with Crippen LogP contribution >= 0.6 is 0 Å². The largest absolute Gasteiger partial charge is 0.543 e. The van der Waals surface area contributed by atoms with Gasteiger partial charge in [0.15, 0.2) is 0 Å². The van der Waals surface area contributed by atoms with Crippen LogP contribution in [0.1, 0.15) is 6.92 Å². The Hall–Kier alpha value is -1.14. The van der Waals surface area contributed by atoms with Gasteiger partial charge < -0.3 is 19.8 Å². The number of carboxylic acid groups (broad SMARTS) is 2. The molecule has 0 radical (unpaired) electrons. The van der Waals surface area contributed by atoms with Gasteiger partial charge in [-0.15, -0.1) is 0 Å². The van der Waals surface area contributed by atoms with Crippen LogP contribution in [-0.4, -0.2) is 18.5 Å². The molecule has 6 heteroatoms. The third-order valence-electron chi connectivity index (χ3n) is 0.417. The average molecular weight is 149 g/mol. The fraction of sp³-hybridized carbons (Fsp3) is 0.500. The highest BCUT2D eigenvalue weighted by Crippen LogP contribution is 1.41. The first-order chi connectivity index (χ1) is 4.56. The van der Waals surface area contributed by atoms with Crippen LogP contribution in [0.4, 0.5) is 0 Å². The Kier molecular flexibility index (Phi) is 9.14. The smallest absolute Gasteiger partial charge is 0.0870 e. The fourth-order valence-corrected chi connectivity index (χ4v) is 0. The molecule has 0 fully saturated rings. The quantitative estimate of drug-likeness (QED) is 0.286. The minimum atomic E-state index is -2.19. The summed E-state index contributed by atoms with van der Waals surface area (Å²) in [4.78, 5) is 17.9. The first kappa shape index (κ1) is 11.6. The second kappa shape index (κ2) is 7.86. The summed E-state index contributed by atoms with van der Waals surface area (Å²) in [5.74, 6) is -1.02. The summed E-state index contributed by atoms with van der Waals surface area (Å²) in [5, 5.41) is 17.9. The van der Waals surface area contributed by atoms with Crippen molar-refractivity contribution in [3.8, 4) is 0 Å². The molecule has 0 aromatic heterocycles. The monoisotopic (exact) mass is 149 g/mol. The van der Waals surface area contributed by atoms with E-state index >= 15 is 0 Å². The van der Waals surface area contributed by atoms with Gasteiger partial charge in [-0.2, -0.15) is 5.43 Å². The number of aliphatic carboxylic acids is 2. The van der Waals surface area contributed by atoms with Crippen LogP contribution in [0.15, 0.2) is 0 Å². The van der Waals surface area contributed by atoms with Crippen molar-refractivity contribution in [3.05, 3.63) is 0 Å². The molecule has 0 amide bonds. The molecule has 60 valence electrons. The van der Waals surface area contributed by atoms with E-state index in [9.17, 15) is 0 Å². The standard InChI is InChI=1S/C2H8N2.C2H2O4/c1-2-4-3;3-1(4)2(5)6/h4H,2-3H2,1H3;(H,3,4)(H,5,6)/p-1. The molecule has 6 nitrogen and oxygen atoms in total. The maximum Gasteiger partial charge on any atom is 0.0870 e. The molecular formula is C4H9N2O4-. The SMILES string of the molecule is CCN[NH3+].O=C([O-])C(=O)[O-]. The predicted octanol–water partition coefficient (Wildman–Crippen LogP) is -4.76. The van der Waals surface area contributed by atoms with Gasteiger partial charge in [-0.25, -0.2) is 0 Å². The molecule has 0 aliphatic carbocycles. The highest BCUT2D eigenvalue weighted by molar-refractivity contribution is 6.25. The van der Waals surface area contributed by atoms with Gasteiger partial charge in [-0.1, -0.05) is 0 Å². The van der Waals surface area contributed by atoms with Crippen LogP contribution in [0.25, 0.3) is 0 Å². The Morgan fingerprint density at radius 1 is 1.40 bits per heavy atom. The van der Waals surface area contributed by atoms with E-state index in [2.05, 4.69) is 11.3 Å². The summed E-state index contributed by atoms with van der Waals surface area (Å²) in [5.41, 5.74) is 2.68. The first-order valence-corrected chi connectivity index (χ1v) is 2.48. The van der Waals surface area contributed by atoms with Gasteiger partial charge in [0.2, 0.25) is 0 Å². The van der Waals surface area contributed by atoms with E-state index in [1.807, 2.05) is 6.92 Å². The van der Waals surface area contributed by atoms with Gasteiger partial charge in [-0.05, 0) is 6.92 Å². The van der Waals surface area contributed by atoms with Crippen molar-refractivity contribution in [2.24, 2.45) is 0 Å². The van der Waals surface area contributed by atoms with Gasteiger partial charge in [0.05, 0.1) is 11.9 Å². The third-order valence-corrected chi connectivity index (χ3v) is 0.417. The zero-order valence-electron chi connectivity index (χ0n) is 5.55. The second-order valence-electron chi connectivity index (χ2n) is 1.18. The molecule has 0 aliphatic heterocycles. The number of carbonyl (C=O) groups is 2. The van der Waals surface area contributed by atoms with E-state index in [0.29, 0.717) is 0 Å². The lowest BCUT2D eigenvalue weighted by molar-refractivity contribution is -0.441. The molecule has 0 saturated carbocycles. The van der Waals surface area contributed by atoms with Crippen molar-refractivity contribution in [3.63, 3.8) is 0 Å². The van der Waals surface area contributed by atoms with Crippen molar-refractivity contribution < 1.29 is 25.6 Å². The number of hydrogen-bond acceptors (Lipinski definition) is 5. The van der Waals surface area contributed by atoms with E-state index < -0.39 is 11.9 Å². The molecule has 0 aromatic carbocycles. The van der Waals surface area contributed by atoms with Crippen LogP contribution in [0.5, 0.6) is 0 Å². The average Bonchev–Trinajstić information content (AvgIpc) is 1.89. The van der Waals surface area contributed by atoms with Gasteiger partial charge in [0, 0.05) is 6.54 Å². The lowest BCUT2D eigenvalue weighted by Crippen LogP contribution is -2.64. The summed E-state index contributed by atoms with van der Waals surface area (Å²) in [6, 6.07) is 0. The number of carbonyl (C=O) groups excluding carboxylic acids is 2. The molecule has 0 unspecified atom stereocenters. The van der Waals surface area contributed by atoms with E-state index in [0.717, 1.165) is 6.54 Å². The molecule has 0 rings (SSSR count). The molecule has 0 aliphatic rings. The molecule has 0 atom stereocenters. The summed E-state index contributed by atoms with van der Waals surface area (Å²) in [6.07, 6.45) is 0. The first-order valence-electron chi connectivity index (χ1n) is 2.48. The van der Waals surface area contributed by atoms with Crippen LogP contribution in [0.2, 0.25) is 0 Å². The molecule has 0 aromatic rings. The van der Waals surface area contributed by atoms with Gasteiger partial charge in [-0.3, -0.25) is 5.84 Å². The molecule has 0 saturated heterocycles. The van der Waals surface area contributed by atoms with Crippen molar-refractivity contribution in [1.29, 1.82) is 0 Å². The molecule has 4 N–H and O–H groups in total. The second-order valence-corrected chi connectivity index (χ2v) is 1.18. The molecule has 0 bridgehead atoms. The Bertz CT molecular complexity index is 99.8. The molecule has 0 spiro atoms. The molecular weight excluding hydrogens is 140 g/mol. The summed E-state index contributed by atoms with van der Waals surface area (Å²) in [7, 11) is 0. The normalized spacial score (nSPS) is 7.40. The maximum absolute atomic E-state index is 8.93. The summed E-state index contributed by atoms with van der Waals surface area (Å²) < 4.78 is 0. The topological polar surface area (TPSA) is 120 Å². The number of hydrogen-bond donors (Lipinski definition) is 2. The third kappa shape index (κ3) is 15.8. The van der Waals surface area contributed by atoms with Crippen LogP contribution in [0, 0.1) is 0 Å². The zero-order valence-corrected chi connectivity index (χ0v) is 5.55. The highest BCUT2D eigenvalue weighted by Gasteiger charge is 1.74. The molecule has 0 heterocycles. The number of nitrogens with one attached hydrogen (secondary N) is 1. The van der Waals surface area contributed by atoms with E-state index in [1.165, 1.54) is 0 Å². The maximum atomic E-state index is 8.93. The lowest BCUT2D eigenvalue weighted by atomic mass is 10.7. The van der Waals surface area contributed by atoms with Crippen LogP contribution < -0.4 is 21.5 Å². The minimum absolute atomic E-state index is 0.958. The molecule has 10 heavy (non-hydrogen) atoms. The van der Waals surface area contributed by atoms with Crippen molar-refractivity contribution in [2.45, 2.75) is 6.92 Å². The van der Waals surface area contributed by atoms with Gasteiger partial charge in [0.1, 0.15) is 0 Å². The Labute approximate surface area is 57.6 Å². The van der Waals surface area contributed by atoms with Gasteiger partial charge >= 0.3 is 0 Å². The number of carboxylic acids is 2. The Morgan fingerprint density at radius 2 is 1.60 bits per heavy atom. The predicted molar refractivity (Wildman–Crippen MR) is 26.6 cm³/mol. The van der Waals surface area contributed by atoms with Crippen LogP contribution in [0.3, 0.4) is 0 Å². The van der Waals surface area contributed by atoms with E-state index in [4.69, 9.17) is 19.8 Å². The van der Waals surface area contributed by atoms with Gasteiger partial charge in [0.25, 0.3) is 0 Å². The van der Waals surface area contributed by atoms with Crippen molar-refractivity contribution in [2.75, 3.05) is 6.54 Å². The van der Waals surface area contributed by atoms with E-state index in [1.54, 1.807) is 0 Å². The van der Waals surface area contributed by atoms with Crippen LogP contribution in [-0.2, 0) is 9.59 Å². The zero-order chi connectivity index (χ0) is 8.57. The minimum Gasteiger partial charge on any atom is -0.543 e. The number of rotatable bonds is 1. The highest BCUT2D eigenvalue weighted by atomic mass is 16.4.